The predicted octanol–water partition coefficient (Wildman–Crippen LogP) is 14.3. The molecule has 0 aliphatic heterocycles. The average molecular weight is 686 g/mol. The topological polar surface area (TPSA) is 3.24 Å². The maximum Gasteiger partial charge on any atom is 0.0465 e. The Labute approximate surface area is 310 Å². The first-order chi connectivity index (χ1) is 25.3. The molecule has 1 heterocycles. The summed E-state index contributed by atoms with van der Waals surface area (Å²) in [5.41, 5.74) is 18.0. The highest BCUT2D eigenvalue weighted by atomic mass is 32.1. The van der Waals surface area contributed by atoms with Gasteiger partial charge < -0.3 is 4.90 Å². The lowest BCUT2D eigenvalue weighted by Gasteiger charge is -2.29. The van der Waals surface area contributed by atoms with Crippen LogP contribution in [0.25, 0.3) is 53.9 Å². The zero-order valence-electron chi connectivity index (χ0n) is 29.9. The van der Waals surface area contributed by atoms with Gasteiger partial charge in [0.1, 0.15) is 0 Å². The minimum absolute atomic E-state index is 0.0811. The van der Waals surface area contributed by atoms with Crippen LogP contribution in [-0.4, -0.2) is 0 Å². The molecule has 1 nitrogen and oxygen atoms in total. The minimum Gasteiger partial charge on any atom is -0.310 e. The fourth-order valence-electron chi connectivity index (χ4n) is 9.14. The molecule has 2 aliphatic rings. The normalized spacial score (nSPS) is 14.5. The Morgan fingerprint density at radius 1 is 0.404 bits per heavy atom. The monoisotopic (exact) mass is 685 g/mol. The highest BCUT2D eigenvalue weighted by molar-refractivity contribution is 7.22. The van der Waals surface area contributed by atoms with Crippen molar-refractivity contribution in [1.29, 1.82) is 0 Å². The molecule has 0 unspecified atom stereocenters. The molecule has 0 radical (unpaired) electrons. The van der Waals surface area contributed by atoms with Gasteiger partial charge in [0.05, 0.1) is 0 Å². The maximum absolute atomic E-state index is 2.42. The first-order valence-electron chi connectivity index (χ1n) is 18.3. The third-order valence-electron chi connectivity index (χ3n) is 11.6. The molecule has 0 spiro atoms. The van der Waals surface area contributed by atoms with E-state index in [9.17, 15) is 0 Å². The van der Waals surface area contributed by atoms with Crippen LogP contribution in [0.1, 0.15) is 49.9 Å². The highest BCUT2D eigenvalue weighted by Gasteiger charge is 2.40. The molecule has 2 aliphatic carbocycles. The molecular formula is C50H39NS. The summed E-state index contributed by atoms with van der Waals surface area (Å²) < 4.78 is 1.37. The fraction of sp³-hybridized carbons (Fsp3) is 0.120. The molecule has 1 aromatic heterocycles. The Kier molecular flexibility index (Phi) is 6.81. The van der Waals surface area contributed by atoms with Crippen molar-refractivity contribution in [2.24, 2.45) is 0 Å². The number of rotatable bonds is 5. The molecule has 52 heavy (non-hydrogen) atoms. The van der Waals surface area contributed by atoms with E-state index in [0.717, 1.165) is 17.1 Å². The van der Waals surface area contributed by atoms with E-state index in [4.69, 9.17) is 0 Å². The standard InChI is InChI=1S/C50H39NS/c1-49(2)43-19-10-8-15-39(43)40-30-29-37(31-44(40)49)51(35-25-21-33(22-26-35)32-13-6-5-7-14-32)36-27-23-34(24-28-36)38-17-12-18-42-46(38)50(3,4)47-41-16-9-11-20-45(41)52-48(42)47/h5-31H,1-4H3. The van der Waals surface area contributed by atoms with E-state index in [1.807, 2.05) is 11.3 Å². The van der Waals surface area contributed by atoms with Crippen molar-refractivity contribution < 1.29 is 0 Å². The number of benzene rings is 7. The molecule has 250 valence electrons. The van der Waals surface area contributed by atoms with Crippen molar-refractivity contribution >= 4 is 38.5 Å². The van der Waals surface area contributed by atoms with Gasteiger partial charge in [-0.05, 0) is 109 Å². The van der Waals surface area contributed by atoms with E-state index in [0.29, 0.717) is 0 Å². The van der Waals surface area contributed by atoms with E-state index in [-0.39, 0.29) is 10.8 Å². The highest BCUT2D eigenvalue weighted by Crippen LogP contribution is 2.58. The van der Waals surface area contributed by atoms with Crippen LogP contribution in [0.3, 0.4) is 0 Å². The van der Waals surface area contributed by atoms with Gasteiger partial charge in [-0.3, -0.25) is 0 Å². The van der Waals surface area contributed by atoms with Crippen LogP contribution in [0, 0.1) is 0 Å². The average Bonchev–Trinajstić information content (AvgIpc) is 3.77. The number of nitrogens with zero attached hydrogens (tertiary/aromatic N) is 1. The summed E-state index contributed by atoms with van der Waals surface area (Å²) in [5, 5.41) is 1.39. The van der Waals surface area contributed by atoms with E-state index < -0.39 is 0 Å². The number of hydrogen-bond acceptors (Lipinski definition) is 2. The lowest BCUT2D eigenvalue weighted by atomic mass is 9.78. The second-order valence-corrected chi connectivity index (χ2v) is 16.4. The summed E-state index contributed by atoms with van der Waals surface area (Å²) in [4.78, 5) is 3.84. The maximum atomic E-state index is 2.42. The number of fused-ring (bicyclic) bond motifs is 8. The molecule has 8 aromatic rings. The molecule has 0 amide bonds. The quantitative estimate of drug-likeness (QED) is 0.174. The van der Waals surface area contributed by atoms with E-state index >= 15 is 0 Å². The first kappa shape index (κ1) is 31.1. The molecule has 10 rings (SSSR count). The van der Waals surface area contributed by atoms with Crippen LogP contribution in [0.4, 0.5) is 17.1 Å². The van der Waals surface area contributed by atoms with E-state index in [1.54, 1.807) is 0 Å². The van der Waals surface area contributed by atoms with Crippen molar-refractivity contribution in [1.82, 2.24) is 0 Å². The molecule has 0 atom stereocenters. The van der Waals surface area contributed by atoms with Gasteiger partial charge >= 0.3 is 0 Å². The summed E-state index contributed by atoms with van der Waals surface area (Å²) >= 11 is 1.93. The molecular weight excluding hydrogens is 647 g/mol. The summed E-state index contributed by atoms with van der Waals surface area (Å²) in [6, 6.07) is 60.6. The largest absolute Gasteiger partial charge is 0.310 e. The molecule has 7 aromatic carbocycles. The zero-order chi connectivity index (χ0) is 35.2. The van der Waals surface area contributed by atoms with Gasteiger partial charge in [-0.2, -0.15) is 0 Å². The summed E-state index contributed by atoms with van der Waals surface area (Å²) in [6.45, 7) is 9.53. The first-order valence-corrected chi connectivity index (χ1v) is 19.1. The van der Waals surface area contributed by atoms with Crippen molar-refractivity contribution in [3.63, 3.8) is 0 Å². The van der Waals surface area contributed by atoms with Gasteiger partial charge in [0.2, 0.25) is 0 Å². The second-order valence-electron chi connectivity index (χ2n) is 15.4. The van der Waals surface area contributed by atoms with Crippen molar-refractivity contribution in [2.75, 3.05) is 4.90 Å². The lowest BCUT2D eigenvalue weighted by Crippen LogP contribution is -2.17. The van der Waals surface area contributed by atoms with Gasteiger partial charge in [0.15, 0.2) is 0 Å². The van der Waals surface area contributed by atoms with Crippen LogP contribution >= 0.6 is 11.3 Å². The van der Waals surface area contributed by atoms with Gasteiger partial charge in [-0.1, -0.05) is 149 Å². The zero-order valence-corrected chi connectivity index (χ0v) is 30.8. The Morgan fingerprint density at radius 2 is 0.981 bits per heavy atom. The van der Waals surface area contributed by atoms with Crippen LogP contribution in [0.2, 0.25) is 0 Å². The van der Waals surface area contributed by atoms with Crippen LogP contribution in [0.5, 0.6) is 0 Å². The Balaban J connectivity index is 1.08. The van der Waals surface area contributed by atoms with Crippen LogP contribution in [-0.2, 0) is 10.8 Å². The molecule has 0 bridgehead atoms. The molecule has 0 N–H and O–H groups in total. The number of thiophene rings is 1. The molecule has 2 heteroatoms. The summed E-state index contributed by atoms with van der Waals surface area (Å²) in [7, 11) is 0. The molecule has 0 fully saturated rings. The van der Waals surface area contributed by atoms with Crippen molar-refractivity contribution in [3.05, 3.63) is 186 Å². The fourth-order valence-corrected chi connectivity index (χ4v) is 10.5. The van der Waals surface area contributed by atoms with Crippen molar-refractivity contribution in [2.45, 2.75) is 38.5 Å². The second kappa shape index (κ2) is 11.4. The SMILES string of the molecule is CC1(C)c2ccccc2-c2ccc(N(c3ccc(-c4ccccc4)cc3)c3ccc(-c4cccc5c4C(C)(C)c4c-5sc5ccccc45)cc3)cc21. The molecule has 0 saturated carbocycles. The van der Waals surface area contributed by atoms with Crippen molar-refractivity contribution in [3.8, 4) is 43.8 Å². The van der Waals surface area contributed by atoms with Gasteiger partial charge in [-0.25, -0.2) is 0 Å². The number of anilines is 3. The smallest absolute Gasteiger partial charge is 0.0465 e. The molecule has 0 saturated heterocycles. The number of hydrogen-bond donors (Lipinski definition) is 0. The predicted molar refractivity (Wildman–Crippen MR) is 223 cm³/mol. The van der Waals surface area contributed by atoms with Gasteiger partial charge in [0, 0.05) is 37.5 Å². The Bertz CT molecular complexity index is 2660. The third kappa shape index (κ3) is 4.54. The van der Waals surface area contributed by atoms with Gasteiger partial charge in [0.25, 0.3) is 0 Å². The third-order valence-corrected chi connectivity index (χ3v) is 12.9. The van der Waals surface area contributed by atoms with Crippen LogP contribution < -0.4 is 4.90 Å². The van der Waals surface area contributed by atoms with E-state index in [2.05, 4.69) is 196 Å². The Morgan fingerprint density at radius 3 is 1.75 bits per heavy atom. The summed E-state index contributed by atoms with van der Waals surface area (Å²) in [5.74, 6) is 0. The van der Waals surface area contributed by atoms with E-state index in [1.165, 1.54) is 76.2 Å². The lowest BCUT2D eigenvalue weighted by molar-refractivity contribution is 0.660. The minimum atomic E-state index is -0.0964. The Hall–Kier alpha value is -5.70. The van der Waals surface area contributed by atoms with Crippen LogP contribution in [0.15, 0.2) is 164 Å². The van der Waals surface area contributed by atoms with Gasteiger partial charge in [-0.15, -0.1) is 11.3 Å². The summed E-state index contributed by atoms with van der Waals surface area (Å²) in [6.07, 6.45) is 0.